The lowest BCUT2D eigenvalue weighted by molar-refractivity contribution is 0.0948. The molecule has 0 saturated carbocycles. The van der Waals surface area contributed by atoms with E-state index in [1.54, 1.807) is 6.20 Å². The van der Waals surface area contributed by atoms with Crippen LogP contribution in [-0.4, -0.2) is 42.5 Å². The first-order chi connectivity index (χ1) is 11.8. The summed E-state index contributed by atoms with van der Waals surface area (Å²) in [5, 5.41) is 6.15. The van der Waals surface area contributed by atoms with Gasteiger partial charge in [-0.25, -0.2) is 0 Å². The van der Waals surface area contributed by atoms with Crippen molar-refractivity contribution in [1.82, 2.24) is 15.2 Å². The van der Waals surface area contributed by atoms with Gasteiger partial charge in [-0.15, -0.1) is 0 Å². The first-order valence-corrected chi connectivity index (χ1v) is 8.42. The molecule has 2 heterocycles. The minimum atomic E-state index is -0.00865. The molecule has 2 N–H and O–H groups in total. The number of likely N-dealkylation sites (tertiary alicyclic amines) is 1. The molecule has 0 radical (unpaired) electrons. The van der Waals surface area contributed by atoms with E-state index < -0.39 is 0 Å². The van der Waals surface area contributed by atoms with E-state index >= 15 is 0 Å². The van der Waals surface area contributed by atoms with Crippen LogP contribution in [0.2, 0.25) is 0 Å². The maximum Gasteiger partial charge on any atom is 0.253 e. The summed E-state index contributed by atoms with van der Waals surface area (Å²) in [4.78, 5) is 19.0. The Hall–Kier alpha value is -2.40. The van der Waals surface area contributed by atoms with Gasteiger partial charge in [0, 0.05) is 44.8 Å². The lowest BCUT2D eigenvalue weighted by atomic mass is 10.1. The number of carbonyl (C=O) groups is 1. The van der Waals surface area contributed by atoms with Crippen LogP contribution in [0.5, 0.6) is 0 Å². The third-order valence-electron chi connectivity index (χ3n) is 4.49. The number of carbonyl (C=O) groups excluding carboxylic acids is 1. The van der Waals surface area contributed by atoms with E-state index in [9.17, 15) is 4.79 Å². The van der Waals surface area contributed by atoms with Crippen LogP contribution in [0.25, 0.3) is 0 Å². The first-order valence-electron chi connectivity index (χ1n) is 8.42. The second-order valence-corrected chi connectivity index (χ2v) is 6.26. The van der Waals surface area contributed by atoms with Gasteiger partial charge in [0.1, 0.15) is 0 Å². The van der Waals surface area contributed by atoms with Crippen molar-refractivity contribution >= 4 is 11.6 Å². The summed E-state index contributed by atoms with van der Waals surface area (Å²) in [5.41, 5.74) is 2.80. The van der Waals surface area contributed by atoms with Gasteiger partial charge in [0.25, 0.3) is 5.91 Å². The van der Waals surface area contributed by atoms with Crippen LogP contribution in [-0.2, 0) is 6.54 Å². The predicted molar refractivity (Wildman–Crippen MR) is 95.9 cm³/mol. The van der Waals surface area contributed by atoms with Crippen LogP contribution in [0, 0.1) is 5.92 Å². The predicted octanol–water partition coefficient (Wildman–Crippen LogP) is 2.38. The van der Waals surface area contributed by atoms with Gasteiger partial charge in [0.15, 0.2) is 0 Å². The quantitative estimate of drug-likeness (QED) is 0.856. The Labute approximate surface area is 143 Å². The van der Waals surface area contributed by atoms with Gasteiger partial charge in [-0.1, -0.05) is 18.2 Å². The highest BCUT2D eigenvalue weighted by atomic mass is 16.1. The number of nitrogens with one attached hydrogen (secondary N) is 2. The highest BCUT2D eigenvalue weighted by Crippen LogP contribution is 2.19. The summed E-state index contributed by atoms with van der Waals surface area (Å²) in [5.74, 6) is 0.498. The third-order valence-corrected chi connectivity index (χ3v) is 4.49. The van der Waals surface area contributed by atoms with Crippen molar-refractivity contribution in [3.63, 3.8) is 0 Å². The zero-order valence-corrected chi connectivity index (χ0v) is 14.0. The number of amides is 1. The Morgan fingerprint density at radius 2 is 2.17 bits per heavy atom. The van der Waals surface area contributed by atoms with Crippen molar-refractivity contribution in [2.24, 2.45) is 5.92 Å². The van der Waals surface area contributed by atoms with E-state index in [1.807, 2.05) is 43.6 Å². The molecule has 24 heavy (non-hydrogen) atoms. The van der Waals surface area contributed by atoms with Crippen LogP contribution >= 0.6 is 0 Å². The highest BCUT2D eigenvalue weighted by molar-refractivity contribution is 5.99. The molecule has 2 aromatic rings. The summed E-state index contributed by atoms with van der Waals surface area (Å²) in [6.07, 6.45) is 4.84. The number of nitrogens with zero attached hydrogens (tertiary/aromatic N) is 2. The summed E-state index contributed by atoms with van der Waals surface area (Å²) in [6.45, 7) is 3.74. The minimum absolute atomic E-state index is 0.00865. The second-order valence-electron chi connectivity index (χ2n) is 6.26. The van der Waals surface area contributed by atoms with Gasteiger partial charge in [-0.3, -0.25) is 14.7 Å². The second kappa shape index (κ2) is 7.93. The normalized spacial score (nSPS) is 17.6. The maximum absolute atomic E-state index is 12.4. The molecular formula is C19H24N4O. The summed E-state index contributed by atoms with van der Waals surface area (Å²) >= 11 is 0. The molecule has 126 valence electrons. The smallest absolute Gasteiger partial charge is 0.253 e. The highest BCUT2D eigenvalue weighted by Gasteiger charge is 2.23. The molecule has 0 aliphatic carbocycles. The Kier molecular flexibility index (Phi) is 5.43. The number of hydrogen-bond donors (Lipinski definition) is 2. The molecule has 1 aliphatic rings. The fraction of sp³-hybridized carbons (Fsp3) is 0.368. The number of rotatable bonds is 6. The van der Waals surface area contributed by atoms with Crippen molar-refractivity contribution in [3.8, 4) is 0 Å². The molecule has 1 aromatic heterocycles. The third kappa shape index (κ3) is 4.11. The first kappa shape index (κ1) is 16.5. The van der Waals surface area contributed by atoms with Crippen LogP contribution in [0.15, 0.2) is 48.8 Å². The zero-order chi connectivity index (χ0) is 16.8. The standard InChI is InChI=1S/C19H24N4O/c1-20-18-7-3-2-6-17(18)19(24)22-12-16-8-10-23(14-16)13-15-5-4-9-21-11-15/h2-7,9,11,16,20H,8,10,12-14H2,1H3,(H,22,24). The molecular weight excluding hydrogens is 300 g/mol. The van der Waals surface area contributed by atoms with Gasteiger partial charge in [0.05, 0.1) is 5.56 Å². The maximum atomic E-state index is 12.4. The lowest BCUT2D eigenvalue weighted by Gasteiger charge is -2.16. The van der Waals surface area contributed by atoms with Crippen molar-refractivity contribution in [2.45, 2.75) is 13.0 Å². The Morgan fingerprint density at radius 3 is 2.96 bits per heavy atom. The number of hydrogen-bond acceptors (Lipinski definition) is 4. The topological polar surface area (TPSA) is 57.3 Å². The summed E-state index contributed by atoms with van der Waals surface area (Å²) in [6, 6.07) is 11.7. The van der Waals surface area contributed by atoms with Gasteiger partial charge in [-0.2, -0.15) is 0 Å². The Bertz CT molecular complexity index is 674. The molecule has 1 aliphatic heterocycles. The number of aromatic nitrogens is 1. The van der Waals surface area contributed by atoms with Crippen molar-refractivity contribution in [3.05, 3.63) is 59.9 Å². The molecule has 1 saturated heterocycles. The van der Waals surface area contributed by atoms with Gasteiger partial charge in [-0.05, 0) is 42.6 Å². The van der Waals surface area contributed by atoms with Crippen LogP contribution in [0.4, 0.5) is 5.69 Å². The molecule has 5 nitrogen and oxygen atoms in total. The summed E-state index contributed by atoms with van der Waals surface area (Å²) < 4.78 is 0. The molecule has 0 spiro atoms. The van der Waals surface area contributed by atoms with E-state index in [1.165, 1.54) is 5.56 Å². The molecule has 3 rings (SSSR count). The minimum Gasteiger partial charge on any atom is -0.387 e. The fourth-order valence-electron chi connectivity index (χ4n) is 3.20. The molecule has 1 fully saturated rings. The number of pyridine rings is 1. The van der Waals surface area contributed by atoms with Crippen molar-refractivity contribution in [1.29, 1.82) is 0 Å². The van der Waals surface area contributed by atoms with Gasteiger partial charge in [0.2, 0.25) is 0 Å². The van der Waals surface area contributed by atoms with Crippen LogP contribution in [0.3, 0.4) is 0 Å². The lowest BCUT2D eigenvalue weighted by Crippen LogP contribution is -2.31. The van der Waals surface area contributed by atoms with Crippen molar-refractivity contribution in [2.75, 3.05) is 32.0 Å². The SMILES string of the molecule is CNc1ccccc1C(=O)NCC1CCN(Cc2cccnc2)C1. The molecule has 1 aromatic carbocycles. The fourth-order valence-corrected chi connectivity index (χ4v) is 3.20. The monoisotopic (exact) mass is 324 g/mol. The molecule has 1 amide bonds. The largest absolute Gasteiger partial charge is 0.387 e. The molecule has 0 bridgehead atoms. The zero-order valence-electron chi connectivity index (χ0n) is 14.0. The van der Waals surface area contributed by atoms with E-state index in [-0.39, 0.29) is 5.91 Å². The van der Waals surface area contributed by atoms with Gasteiger partial charge < -0.3 is 10.6 Å². The molecule has 1 atom stereocenters. The van der Waals surface area contributed by atoms with E-state index in [0.29, 0.717) is 11.5 Å². The summed E-state index contributed by atoms with van der Waals surface area (Å²) in [7, 11) is 1.83. The van der Waals surface area contributed by atoms with E-state index in [4.69, 9.17) is 0 Å². The number of para-hydroxylation sites is 1. The van der Waals surface area contributed by atoms with Crippen LogP contribution < -0.4 is 10.6 Å². The Balaban J connectivity index is 1.48. The average Bonchev–Trinajstić information content (AvgIpc) is 3.08. The van der Waals surface area contributed by atoms with E-state index in [2.05, 4.69) is 26.6 Å². The Morgan fingerprint density at radius 1 is 1.29 bits per heavy atom. The van der Waals surface area contributed by atoms with Crippen LogP contribution in [0.1, 0.15) is 22.3 Å². The van der Waals surface area contributed by atoms with Gasteiger partial charge >= 0.3 is 0 Å². The average molecular weight is 324 g/mol. The number of benzene rings is 1. The van der Waals surface area contributed by atoms with Crippen molar-refractivity contribution < 1.29 is 4.79 Å². The molecule has 1 unspecified atom stereocenters. The molecule has 5 heteroatoms. The van der Waals surface area contributed by atoms with E-state index in [0.717, 1.165) is 38.3 Å². The number of anilines is 1.